The van der Waals surface area contributed by atoms with E-state index >= 15 is 0 Å². The van der Waals surface area contributed by atoms with Gasteiger partial charge in [0.05, 0.1) is 39.9 Å². The fraction of sp³-hybridized carbons (Fsp3) is 0.600. The maximum absolute atomic E-state index is 13.7. The summed E-state index contributed by atoms with van der Waals surface area (Å²) in [6.07, 6.45) is 17.6. The molecule has 1 aliphatic rings. The van der Waals surface area contributed by atoms with E-state index in [1.807, 2.05) is 78.9 Å². The number of hydrogen-bond donors (Lipinski definition) is 2. The standard InChI is InChI=1S/C60H88N5O10P/c1-8-9-10-11-12-13-14-15-16-17-18-19-20-21-25-30-54(66)62-41-27-43-71-57-56(75-76(73-44-26-40-61)65(46(2)3)47(4)5)53(74-58(57)64-42-39-55(67)63-59(64)68)45-72-60(48-28-23-22-24-29-48,49-31-35-51(69-6)36-32-49)50-33-37-52(70-7)38-34-50/h22-24,28-29,31-39,42,46-47,53,56-58H,8-21,25-27,30,41,43-45H2,1-7H3,(H,62,66)(H,63,67,68)/t53-,56+,57?,58-,76?/m1/s1. The summed E-state index contributed by atoms with van der Waals surface area (Å²) in [6, 6.07) is 28.7. The normalized spacial score (nSPS) is 17.1. The van der Waals surface area contributed by atoms with Gasteiger partial charge < -0.3 is 38.0 Å². The number of rotatable bonds is 38. The van der Waals surface area contributed by atoms with Gasteiger partial charge in [-0.15, -0.1) is 0 Å². The smallest absolute Gasteiger partial charge is 0.330 e. The number of carbonyl (C=O) groups excluding carboxylic acids is 1. The molecule has 1 saturated heterocycles. The van der Waals surface area contributed by atoms with Gasteiger partial charge in [-0.25, -0.2) is 9.46 Å². The second-order valence-corrected chi connectivity index (χ2v) is 21.7. The van der Waals surface area contributed by atoms with Crippen molar-refractivity contribution in [2.24, 2.45) is 0 Å². The lowest BCUT2D eigenvalue weighted by molar-refractivity contribution is -0.121. The van der Waals surface area contributed by atoms with Crippen molar-refractivity contribution in [2.75, 3.05) is 40.6 Å². The lowest BCUT2D eigenvalue weighted by Gasteiger charge is -2.39. The number of aromatic amines is 1. The Morgan fingerprint density at radius 1 is 0.737 bits per heavy atom. The molecule has 2 N–H and O–H groups in total. The van der Waals surface area contributed by atoms with Gasteiger partial charge in [-0.05, 0) is 81.5 Å². The van der Waals surface area contributed by atoms with Crippen LogP contribution in [0.1, 0.15) is 173 Å². The second kappa shape index (κ2) is 34.1. The minimum absolute atomic E-state index is 0.00762. The van der Waals surface area contributed by atoms with Gasteiger partial charge in [0.1, 0.15) is 35.4 Å². The van der Waals surface area contributed by atoms with Crippen LogP contribution in [0.4, 0.5) is 0 Å². The van der Waals surface area contributed by atoms with Crippen molar-refractivity contribution in [1.29, 1.82) is 5.26 Å². The molecule has 1 fully saturated rings. The third kappa shape index (κ3) is 18.9. The summed E-state index contributed by atoms with van der Waals surface area (Å²) < 4.78 is 49.4. The summed E-state index contributed by atoms with van der Waals surface area (Å²) in [4.78, 5) is 41.6. The number of unbranched alkanes of at least 4 members (excludes halogenated alkanes) is 14. The molecule has 2 heterocycles. The van der Waals surface area contributed by atoms with Gasteiger partial charge >= 0.3 is 5.69 Å². The SMILES string of the molecule is CCCCCCCCCCCCCCCCCC(=O)NCCCOC1[C@@H](OP(OCCC#N)N(C(C)C)C(C)C)[C@@H](COC(c2ccccc2)(c2ccc(OC)cc2)c2ccc(OC)cc2)O[C@H]1n1ccc(=O)[nH]c1=O. The van der Waals surface area contributed by atoms with Crippen LogP contribution in [0.25, 0.3) is 0 Å². The first kappa shape index (κ1) is 61.9. The molecule has 3 aromatic carbocycles. The third-order valence-electron chi connectivity index (χ3n) is 13.9. The first-order chi connectivity index (χ1) is 37.0. The van der Waals surface area contributed by atoms with Crippen molar-refractivity contribution in [2.45, 2.75) is 192 Å². The molecule has 0 saturated carbocycles. The molecule has 1 amide bonds. The van der Waals surface area contributed by atoms with Crippen molar-refractivity contribution in [3.63, 3.8) is 0 Å². The van der Waals surface area contributed by atoms with E-state index in [2.05, 4.69) is 55.7 Å². The van der Waals surface area contributed by atoms with Crippen molar-refractivity contribution in [3.05, 3.63) is 129 Å². The highest BCUT2D eigenvalue weighted by Gasteiger charge is 2.51. The monoisotopic (exact) mass is 1070 g/mol. The molecule has 0 bridgehead atoms. The highest BCUT2D eigenvalue weighted by atomic mass is 31.2. The number of nitrogens with one attached hydrogen (secondary N) is 2. The zero-order valence-corrected chi connectivity index (χ0v) is 47.4. The molecule has 1 aromatic heterocycles. The summed E-state index contributed by atoms with van der Waals surface area (Å²) >= 11 is 0. The van der Waals surface area contributed by atoms with Crippen LogP contribution in [0.3, 0.4) is 0 Å². The summed E-state index contributed by atoms with van der Waals surface area (Å²) in [5, 5.41) is 12.6. The Morgan fingerprint density at radius 3 is 1.79 bits per heavy atom. The van der Waals surface area contributed by atoms with Crippen LogP contribution < -0.4 is 26.0 Å². The molecule has 2 unspecified atom stereocenters. The number of ether oxygens (including phenoxy) is 5. The van der Waals surface area contributed by atoms with Crippen LogP contribution in [0.2, 0.25) is 0 Å². The Hall–Kier alpha value is -4.91. The average molecular weight is 1070 g/mol. The van der Waals surface area contributed by atoms with Crippen LogP contribution in [0, 0.1) is 11.3 Å². The number of nitriles is 1. The minimum Gasteiger partial charge on any atom is -0.497 e. The van der Waals surface area contributed by atoms with Crippen molar-refractivity contribution < 1.29 is 37.5 Å². The van der Waals surface area contributed by atoms with Crippen molar-refractivity contribution >= 4 is 14.4 Å². The number of H-pyrrole nitrogens is 1. The van der Waals surface area contributed by atoms with Crippen LogP contribution in [0.15, 0.2) is 101 Å². The van der Waals surface area contributed by atoms with Crippen LogP contribution in [-0.4, -0.2) is 91.1 Å². The van der Waals surface area contributed by atoms with Gasteiger partial charge in [0.15, 0.2) is 6.23 Å². The number of nitrogens with zero attached hydrogens (tertiary/aromatic N) is 3. The fourth-order valence-electron chi connectivity index (χ4n) is 9.94. The molecule has 16 heteroatoms. The van der Waals surface area contributed by atoms with E-state index in [0.29, 0.717) is 30.9 Å². The quantitative estimate of drug-likeness (QED) is 0.0247. The zero-order valence-electron chi connectivity index (χ0n) is 46.6. The molecule has 418 valence electrons. The lowest BCUT2D eigenvalue weighted by Crippen LogP contribution is -2.43. The van der Waals surface area contributed by atoms with E-state index in [-0.39, 0.29) is 44.2 Å². The molecular weight excluding hydrogens is 982 g/mol. The van der Waals surface area contributed by atoms with Crippen molar-refractivity contribution in [3.8, 4) is 17.6 Å². The molecule has 0 radical (unpaired) electrons. The molecule has 4 aromatic rings. The number of methoxy groups -OCH3 is 2. The summed E-state index contributed by atoms with van der Waals surface area (Å²) in [5.41, 5.74) is -0.0540. The first-order valence-corrected chi connectivity index (χ1v) is 29.2. The fourth-order valence-corrected chi connectivity index (χ4v) is 11.7. The van der Waals surface area contributed by atoms with E-state index in [9.17, 15) is 19.6 Å². The van der Waals surface area contributed by atoms with E-state index < -0.39 is 49.9 Å². The van der Waals surface area contributed by atoms with Gasteiger partial charge in [0.2, 0.25) is 5.91 Å². The predicted octanol–water partition coefficient (Wildman–Crippen LogP) is 12.3. The topological polar surface area (TPSA) is 176 Å². The molecule has 15 nitrogen and oxygen atoms in total. The molecule has 0 aliphatic carbocycles. The average Bonchev–Trinajstić information content (AvgIpc) is 3.76. The zero-order chi connectivity index (χ0) is 54.5. The van der Waals surface area contributed by atoms with Gasteiger partial charge in [0.25, 0.3) is 14.1 Å². The van der Waals surface area contributed by atoms with Crippen LogP contribution >= 0.6 is 8.53 Å². The van der Waals surface area contributed by atoms with Crippen LogP contribution in [-0.2, 0) is 33.7 Å². The first-order valence-electron chi connectivity index (χ1n) is 28.1. The Morgan fingerprint density at radius 2 is 1.28 bits per heavy atom. The Balaban J connectivity index is 1.36. The molecule has 5 rings (SSSR count). The van der Waals surface area contributed by atoms with E-state index in [1.54, 1.807) is 14.2 Å². The van der Waals surface area contributed by atoms with Gasteiger partial charge in [-0.3, -0.25) is 19.1 Å². The summed E-state index contributed by atoms with van der Waals surface area (Å²) in [5.74, 6) is 1.35. The second-order valence-electron chi connectivity index (χ2n) is 20.3. The number of aromatic nitrogens is 2. The largest absolute Gasteiger partial charge is 0.497 e. The lowest BCUT2D eigenvalue weighted by atomic mass is 9.80. The molecule has 5 atom stereocenters. The third-order valence-corrected chi connectivity index (χ3v) is 16.0. The minimum atomic E-state index is -1.87. The summed E-state index contributed by atoms with van der Waals surface area (Å²) in [7, 11) is 1.37. The number of benzene rings is 3. The summed E-state index contributed by atoms with van der Waals surface area (Å²) in [6.45, 7) is 11.1. The highest BCUT2D eigenvalue weighted by molar-refractivity contribution is 7.44. The van der Waals surface area contributed by atoms with Crippen molar-refractivity contribution in [1.82, 2.24) is 19.5 Å². The maximum Gasteiger partial charge on any atom is 0.330 e. The molecular formula is C60H88N5O10P. The maximum atomic E-state index is 13.7. The molecule has 0 spiro atoms. The molecule has 1 aliphatic heterocycles. The van der Waals surface area contributed by atoms with E-state index in [1.165, 1.54) is 93.9 Å². The number of amides is 1. The Bertz CT molecular complexity index is 2340. The van der Waals surface area contributed by atoms with Gasteiger partial charge in [0, 0.05) is 43.9 Å². The van der Waals surface area contributed by atoms with E-state index in [4.69, 9.17) is 32.7 Å². The van der Waals surface area contributed by atoms with Crippen LogP contribution in [0.5, 0.6) is 11.5 Å². The number of hydrogen-bond acceptors (Lipinski definition) is 12. The van der Waals surface area contributed by atoms with Gasteiger partial charge in [-0.2, -0.15) is 5.26 Å². The Kier molecular flexibility index (Phi) is 27.8. The molecule has 76 heavy (non-hydrogen) atoms. The Labute approximate surface area is 454 Å². The highest BCUT2D eigenvalue weighted by Crippen LogP contribution is 2.51. The van der Waals surface area contributed by atoms with E-state index in [0.717, 1.165) is 36.0 Å². The predicted molar refractivity (Wildman–Crippen MR) is 300 cm³/mol. The van der Waals surface area contributed by atoms with Gasteiger partial charge in [-0.1, -0.05) is 151 Å². The number of carbonyl (C=O) groups is 1.